The van der Waals surface area contributed by atoms with Gasteiger partial charge in [0.25, 0.3) is 0 Å². The van der Waals surface area contributed by atoms with Crippen LogP contribution < -0.4 is 15.7 Å². The third kappa shape index (κ3) is 7.78. The summed E-state index contributed by atoms with van der Waals surface area (Å²) in [6.07, 6.45) is 9.00. The summed E-state index contributed by atoms with van der Waals surface area (Å²) in [6.45, 7) is 4.53. The van der Waals surface area contributed by atoms with Gasteiger partial charge in [0.05, 0.1) is 21.7 Å². The summed E-state index contributed by atoms with van der Waals surface area (Å²) in [4.78, 5) is 49.9. The van der Waals surface area contributed by atoms with E-state index in [9.17, 15) is 19.5 Å². The fourth-order valence-corrected chi connectivity index (χ4v) is 8.68. The van der Waals surface area contributed by atoms with Crippen LogP contribution in [0.3, 0.4) is 0 Å². The number of halogens is 2. The van der Waals surface area contributed by atoms with Gasteiger partial charge in [-0.15, -0.1) is 0 Å². The highest BCUT2D eigenvalue weighted by Crippen LogP contribution is 2.34. The molecule has 3 N–H and O–H groups in total. The van der Waals surface area contributed by atoms with Gasteiger partial charge in [-0.2, -0.15) is 0 Å². The molecule has 3 saturated heterocycles. The molecule has 13 heteroatoms. The molecule has 3 aromatic rings. The maximum absolute atomic E-state index is 14.0. The van der Waals surface area contributed by atoms with Crippen LogP contribution in [-0.2, 0) is 11.2 Å². The number of phenolic OH excluding ortho intramolecular Hbond substituents is 1. The lowest BCUT2D eigenvalue weighted by Crippen LogP contribution is -2.56. The average molecular weight is 789 g/mol. The number of H-pyrrole nitrogens is 1. The van der Waals surface area contributed by atoms with Gasteiger partial charge in [-0.1, -0.05) is 18.6 Å². The number of carbonyl (C=O) groups excluding carboxylic acids is 2. The molecule has 2 aromatic carbocycles. The molecule has 0 radical (unpaired) electrons. The van der Waals surface area contributed by atoms with Crippen LogP contribution in [0.1, 0.15) is 56.6 Å². The first kappa shape index (κ1) is 34.6. The predicted molar refractivity (Wildman–Crippen MR) is 191 cm³/mol. The van der Waals surface area contributed by atoms with E-state index in [4.69, 9.17) is 4.74 Å². The summed E-state index contributed by atoms with van der Waals surface area (Å²) >= 11 is 6.80. The molecule has 1 aromatic heterocycles. The first-order valence-corrected chi connectivity index (χ1v) is 18.5. The highest BCUT2D eigenvalue weighted by Gasteiger charge is 2.34. The second kappa shape index (κ2) is 15.5. The van der Waals surface area contributed by atoms with E-state index in [-0.39, 0.29) is 35.8 Å². The van der Waals surface area contributed by atoms with Crippen LogP contribution in [0.4, 0.5) is 4.79 Å². The van der Waals surface area contributed by atoms with Crippen LogP contribution >= 0.6 is 31.9 Å². The smallest absolute Gasteiger partial charge is 0.326 e. The zero-order valence-electron chi connectivity index (χ0n) is 27.3. The minimum atomic E-state index is -0.763. The quantitative estimate of drug-likeness (QED) is 0.277. The number of benzene rings is 2. The van der Waals surface area contributed by atoms with Crippen LogP contribution in [0, 0.1) is 0 Å². The van der Waals surface area contributed by atoms with Gasteiger partial charge in [-0.25, -0.2) is 9.59 Å². The lowest BCUT2D eigenvalue weighted by atomic mass is 9.98. The highest BCUT2D eigenvalue weighted by molar-refractivity contribution is 9.11. The number of aromatic amines is 1. The Morgan fingerprint density at radius 3 is 2.23 bits per heavy atom. The van der Waals surface area contributed by atoms with Crippen molar-refractivity contribution in [2.75, 3.05) is 46.4 Å². The molecule has 48 heavy (non-hydrogen) atoms. The number of ether oxygens (including phenoxy) is 1. The molecule has 3 aliphatic heterocycles. The molecule has 0 saturated carbocycles. The Morgan fingerprint density at radius 1 is 0.938 bits per heavy atom. The number of nitrogens with one attached hydrogen (secondary N) is 2. The van der Waals surface area contributed by atoms with E-state index in [1.54, 1.807) is 28.7 Å². The van der Waals surface area contributed by atoms with Crippen molar-refractivity contribution < 1.29 is 19.4 Å². The number of urea groups is 1. The molecule has 4 heterocycles. The number of imidazole rings is 1. The van der Waals surface area contributed by atoms with Crippen LogP contribution in [0.2, 0.25) is 0 Å². The van der Waals surface area contributed by atoms with Gasteiger partial charge in [0, 0.05) is 56.4 Å². The average Bonchev–Trinajstić information content (AvgIpc) is 3.51. The second-order valence-electron chi connectivity index (χ2n) is 13.1. The molecule has 0 spiro atoms. The van der Waals surface area contributed by atoms with E-state index in [0.29, 0.717) is 65.5 Å². The molecule has 3 amide bonds. The SMILES string of the molecule is COc1ccccc1-c1cn(C2CCN(C(=O)N[C@@H](Cc3cc(Br)c(O)c(Br)c3)C(=O)N3CCC(N4CCCCC4)CC3)CC2)c(=O)[nH]1. The Bertz CT molecular complexity index is 1630. The number of carbonyl (C=O) groups is 2. The van der Waals surface area contributed by atoms with Crippen molar-refractivity contribution in [2.24, 2.45) is 0 Å². The van der Waals surface area contributed by atoms with Gasteiger partial charge in [-0.3, -0.25) is 9.36 Å². The van der Waals surface area contributed by atoms with E-state index in [1.807, 2.05) is 35.4 Å². The second-order valence-corrected chi connectivity index (χ2v) is 14.8. The van der Waals surface area contributed by atoms with Crippen LogP contribution in [-0.4, -0.2) is 99.8 Å². The Hall–Kier alpha value is -3.29. The number of nitrogens with zero attached hydrogens (tertiary/aromatic N) is 4. The molecule has 258 valence electrons. The summed E-state index contributed by atoms with van der Waals surface area (Å²) in [5.41, 5.74) is 2.11. The lowest BCUT2D eigenvalue weighted by Gasteiger charge is -2.41. The topological polar surface area (TPSA) is 123 Å². The van der Waals surface area contributed by atoms with E-state index in [1.165, 1.54) is 19.3 Å². The van der Waals surface area contributed by atoms with Gasteiger partial charge in [0.1, 0.15) is 17.5 Å². The van der Waals surface area contributed by atoms with Gasteiger partial charge in [0.2, 0.25) is 5.91 Å². The number of piperidine rings is 3. The third-order valence-corrected chi connectivity index (χ3v) is 11.3. The molecule has 0 bridgehead atoms. The van der Waals surface area contributed by atoms with Crippen molar-refractivity contribution in [3.8, 4) is 22.8 Å². The highest BCUT2D eigenvalue weighted by atomic mass is 79.9. The summed E-state index contributed by atoms with van der Waals surface area (Å²) < 4.78 is 8.23. The monoisotopic (exact) mass is 786 g/mol. The predicted octanol–water partition coefficient (Wildman–Crippen LogP) is 5.52. The van der Waals surface area contributed by atoms with Crippen molar-refractivity contribution in [1.29, 1.82) is 0 Å². The fraction of sp³-hybridized carbons (Fsp3) is 0.514. The lowest BCUT2D eigenvalue weighted by molar-refractivity contribution is -0.134. The summed E-state index contributed by atoms with van der Waals surface area (Å²) in [5.74, 6) is 0.683. The normalized spacial score (nSPS) is 18.9. The van der Waals surface area contributed by atoms with E-state index in [2.05, 4.69) is 47.1 Å². The summed E-state index contributed by atoms with van der Waals surface area (Å²) in [6, 6.07) is 10.5. The van der Waals surface area contributed by atoms with E-state index < -0.39 is 6.04 Å². The summed E-state index contributed by atoms with van der Waals surface area (Å²) in [7, 11) is 1.60. The largest absolute Gasteiger partial charge is 0.506 e. The number of aromatic hydroxyl groups is 1. The molecule has 11 nitrogen and oxygen atoms in total. The number of rotatable bonds is 8. The van der Waals surface area contributed by atoms with E-state index >= 15 is 0 Å². The Balaban J connectivity index is 1.11. The zero-order chi connectivity index (χ0) is 33.8. The number of methoxy groups -OCH3 is 1. The van der Waals surface area contributed by atoms with Crippen molar-refractivity contribution in [2.45, 2.75) is 69.5 Å². The van der Waals surface area contributed by atoms with Gasteiger partial charge in [-0.05, 0) is 113 Å². The molecular formula is C35H44Br2N6O5. The van der Waals surface area contributed by atoms with Crippen molar-refractivity contribution in [3.63, 3.8) is 0 Å². The number of amides is 3. The third-order valence-electron chi connectivity index (χ3n) is 10.1. The first-order valence-electron chi connectivity index (χ1n) is 16.9. The maximum atomic E-state index is 14.0. The summed E-state index contributed by atoms with van der Waals surface area (Å²) in [5, 5.41) is 13.3. The fourth-order valence-electron chi connectivity index (χ4n) is 7.40. The number of hydrogen-bond donors (Lipinski definition) is 3. The molecular weight excluding hydrogens is 744 g/mol. The molecule has 0 aliphatic carbocycles. The molecule has 0 unspecified atom stereocenters. The molecule has 3 fully saturated rings. The van der Waals surface area contributed by atoms with Gasteiger partial charge in [0.15, 0.2) is 0 Å². The number of phenols is 1. The van der Waals surface area contributed by atoms with Crippen LogP contribution in [0.5, 0.6) is 11.5 Å². The number of aromatic nitrogens is 2. The standard InChI is InChI=1S/C35H44Br2N6O5/c1-48-31-8-4-3-7-26(31)30-22-43(35(47)39-30)25-11-17-42(18-12-25)34(46)38-29(21-23-19-27(36)32(44)28(37)20-23)33(45)41-15-9-24(10-16-41)40-13-5-2-6-14-40/h3-4,7-8,19-20,22,24-25,29,44H,2,5-6,9-18,21H2,1H3,(H,38,46)(H,39,47)/t29-/m0/s1. The van der Waals surface area contributed by atoms with Crippen LogP contribution in [0.25, 0.3) is 11.3 Å². The maximum Gasteiger partial charge on any atom is 0.326 e. The van der Waals surface area contributed by atoms with E-state index in [0.717, 1.165) is 37.1 Å². The Morgan fingerprint density at radius 2 is 1.56 bits per heavy atom. The Kier molecular flexibility index (Phi) is 11.2. The van der Waals surface area contributed by atoms with Gasteiger partial charge < -0.3 is 34.8 Å². The van der Waals surface area contributed by atoms with Gasteiger partial charge >= 0.3 is 11.7 Å². The molecule has 6 rings (SSSR count). The molecule has 1 atom stereocenters. The minimum Gasteiger partial charge on any atom is -0.506 e. The molecule has 3 aliphatic rings. The van der Waals surface area contributed by atoms with Crippen molar-refractivity contribution in [3.05, 3.63) is 67.6 Å². The number of hydrogen-bond acceptors (Lipinski definition) is 6. The van der Waals surface area contributed by atoms with Crippen LogP contribution in [0.15, 0.2) is 56.3 Å². The first-order chi connectivity index (χ1) is 23.2. The number of likely N-dealkylation sites (tertiary alicyclic amines) is 3. The van der Waals surface area contributed by atoms with Crippen molar-refractivity contribution >= 4 is 43.8 Å². The van der Waals surface area contributed by atoms with Crippen molar-refractivity contribution in [1.82, 2.24) is 29.6 Å². The number of para-hydroxylation sites is 1. The minimum absolute atomic E-state index is 0.0633. The Labute approximate surface area is 297 Å². The zero-order valence-corrected chi connectivity index (χ0v) is 30.5.